The zero-order valence-electron chi connectivity index (χ0n) is 17.2. The maximum Gasteiger partial charge on any atom is 0.421 e. The summed E-state index contributed by atoms with van der Waals surface area (Å²) in [6, 6.07) is 3.45. The summed E-state index contributed by atoms with van der Waals surface area (Å²) in [6.45, 7) is 1.79. The third-order valence-corrected chi connectivity index (χ3v) is 5.07. The molecule has 0 saturated carbocycles. The summed E-state index contributed by atoms with van der Waals surface area (Å²) in [5.41, 5.74) is -1.96. The van der Waals surface area contributed by atoms with Gasteiger partial charge in [0, 0.05) is 11.6 Å². The van der Waals surface area contributed by atoms with Crippen molar-refractivity contribution in [3.8, 4) is 17.3 Å². The van der Waals surface area contributed by atoms with Crippen molar-refractivity contribution >= 4 is 34.2 Å². The first-order valence-electron chi connectivity index (χ1n) is 9.69. The molecule has 178 valence electrons. The molecule has 34 heavy (non-hydrogen) atoms. The van der Waals surface area contributed by atoms with Gasteiger partial charge in [-0.05, 0) is 36.2 Å². The SMILES string of the molecule is CCCOc1nc(Nc2ccnc3nc(-c4nscc4C(F)(F)F)cnc23)ccc1C(F)(F)F. The monoisotopic (exact) mass is 500 g/mol. The summed E-state index contributed by atoms with van der Waals surface area (Å²) in [4.78, 5) is 16.2. The Morgan fingerprint density at radius 1 is 0.971 bits per heavy atom. The molecular formula is C20H14F6N6OS. The zero-order valence-corrected chi connectivity index (χ0v) is 18.0. The lowest BCUT2D eigenvalue weighted by Crippen LogP contribution is -2.11. The van der Waals surface area contributed by atoms with E-state index in [2.05, 4.69) is 29.6 Å². The number of halogens is 6. The molecule has 14 heteroatoms. The molecule has 1 N–H and O–H groups in total. The van der Waals surface area contributed by atoms with E-state index in [1.165, 1.54) is 12.3 Å². The molecular weight excluding hydrogens is 486 g/mol. The van der Waals surface area contributed by atoms with Crippen LogP contribution >= 0.6 is 11.5 Å². The highest BCUT2D eigenvalue weighted by molar-refractivity contribution is 7.04. The molecule has 0 fully saturated rings. The van der Waals surface area contributed by atoms with E-state index in [9.17, 15) is 26.3 Å². The van der Waals surface area contributed by atoms with Gasteiger partial charge in [0.2, 0.25) is 5.88 Å². The van der Waals surface area contributed by atoms with Crippen molar-refractivity contribution < 1.29 is 31.1 Å². The Hall–Kier alpha value is -3.55. The van der Waals surface area contributed by atoms with Crippen molar-refractivity contribution in [3.63, 3.8) is 0 Å². The quantitative estimate of drug-likeness (QED) is 0.320. The van der Waals surface area contributed by atoms with Crippen LogP contribution in [0.1, 0.15) is 24.5 Å². The summed E-state index contributed by atoms with van der Waals surface area (Å²) < 4.78 is 88.3. The molecule has 4 heterocycles. The average molecular weight is 500 g/mol. The number of anilines is 2. The van der Waals surface area contributed by atoms with Gasteiger partial charge < -0.3 is 10.1 Å². The van der Waals surface area contributed by atoms with E-state index in [0.717, 1.165) is 23.7 Å². The Balaban J connectivity index is 1.69. The van der Waals surface area contributed by atoms with Crippen LogP contribution in [0.2, 0.25) is 0 Å². The number of alkyl halides is 6. The van der Waals surface area contributed by atoms with Crippen LogP contribution in [0.4, 0.5) is 37.8 Å². The molecule has 4 aromatic rings. The largest absolute Gasteiger partial charge is 0.477 e. The number of hydrogen-bond acceptors (Lipinski definition) is 8. The highest BCUT2D eigenvalue weighted by atomic mass is 32.1. The predicted octanol–water partition coefficient (Wildman–Crippen LogP) is 6.11. The summed E-state index contributed by atoms with van der Waals surface area (Å²) in [7, 11) is 0. The van der Waals surface area contributed by atoms with Crippen LogP contribution in [0.25, 0.3) is 22.6 Å². The van der Waals surface area contributed by atoms with Crippen LogP contribution in [-0.4, -0.2) is 30.9 Å². The molecule has 0 amide bonds. The smallest absolute Gasteiger partial charge is 0.421 e. The van der Waals surface area contributed by atoms with Crippen LogP contribution in [0, 0.1) is 0 Å². The van der Waals surface area contributed by atoms with Crippen LogP contribution in [0.3, 0.4) is 0 Å². The molecule has 0 atom stereocenters. The van der Waals surface area contributed by atoms with Gasteiger partial charge in [-0.1, -0.05) is 6.92 Å². The lowest BCUT2D eigenvalue weighted by Gasteiger charge is -2.15. The Labute approximate surface area is 192 Å². The molecule has 4 rings (SSSR count). The molecule has 0 saturated heterocycles. The Kier molecular flexibility index (Phi) is 6.25. The first kappa shape index (κ1) is 23.6. The van der Waals surface area contributed by atoms with E-state index in [4.69, 9.17) is 4.74 Å². The van der Waals surface area contributed by atoms with Gasteiger partial charge in [-0.15, -0.1) is 0 Å². The van der Waals surface area contributed by atoms with E-state index in [1.54, 1.807) is 6.92 Å². The number of nitrogens with zero attached hydrogens (tertiary/aromatic N) is 5. The van der Waals surface area contributed by atoms with Gasteiger partial charge in [-0.2, -0.15) is 35.7 Å². The van der Waals surface area contributed by atoms with Crippen LogP contribution < -0.4 is 10.1 Å². The van der Waals surface area contributed by atoms with E-state index >= 15 is 0 Å². The topological polar surface area (TPSA) is 85.7 Å². The third kappa shape index (κ3) is 4.85. The standard InChI is InChI=1S/C20H14F6N6OS/c1-2-7-33-18-10(19(21,22)23)3-4-14(31-18)29-12-5-6-27-17-16(12)28-8-13(30-17)15-11(9-34-32-15)20(24,25)26/h3-6,8-9H,2,7H2,1H3,(H,27,29,30,31). The maximum absolute atomic E-state index is 13.3. The van der Waals surface area contributed by atoms with Gasteiger partial charge in [0.1, 0.15) is 28.3 Å². The minimum absolute atomic E-state index is 0.0120. The Morgan fingerprint density at radius 3 is 2.44 bits per heavy atom. The van der Waals surface area contributed by atoms with Gasteiger partial charge in [0.15, 0.2) is 5.65 Å². The second-order valence-electron chi connectivity index (χ2n) is 6.88. The predicted molar refractivity (Wildman–Crippen MR) is 112 cm³/mol. The third-order valence-electron chi connectivity index (χ3n) is 4.44. The van der Waals surface area contributed by atoms with Crippen molar-refractivity contribution in [2.45, 2.75) is 25.7 Å². The summed E-state index contributed by atoms with van der Waals surface area (Å²) >= 11 is 0.637. The summed E-state index contributed by atoms with van der Waals surface area (Å²) in [5, 5.41) is 3.71. The van der Waals surface area contributed by atoms with E-state index in [1.807, 2.05) is 0 Å². The second kappa shape index (κ2) is 9.00. The lowest BCUT2D eigenvalue weighted by atomic mass is 10.2. The van der Waals surface area contributed by atoms with Gasteiger partial charge in [0.25, 0.3) is 0 Å². The second-order valence-corrected chi connectivity index (χ2v) is 7.51. The van der Waals surface area contributed by atoms with E-state index in [-0.39, 0.29) is 40.7 Å². The van der Waals surface area contributed by atoms with Crippen molar-refractivity contribution in [1.29, 1.82) is 0 Å². The number of fused-ring (bicyclic) bond motifs is 1. The number of pyridine rings is 2. The summed E-state index contributed by atoms with van der Waals surface area (Å²) in [6.07, 6.45) is -6.33. The molecule has 0 aromatic carbocycles. The fourth-order valence-electron chi connectivity index (χ4n) is 2.93. The van der Waals surface area contributed by atoms with Gasteiger partial charge in [-0.3, -0.25) is 0 Å². The minimum Gasteiger partial charge on any atom is -0.477 e. The molecule has 7 nitrogen and oxygen atoms in total. The Morgan fingerprint density at radius 2 is 1.74 bits per heavy atom. The molecule has 0 aliphatic carbocycles. The molecule has 0 radical (unpaired) electrons. The van der Waals surface area contributed by atoms with Crippen molar-refractivity contribution in [2.75, 3.05) is 11.9 Å². The minimum atomic E-state index is -4.65. The lowest BCUT2D eigenvalue weighted by molar-refractivity contribution is -0.139. The van der Waals surface area contributed by atoms with E-state index < -0.39 is 29.4 Å². The number of hydrogen-bond donors (Lipinski definition) is 1. The number of nitrogens with one attached hydrogen (secondary N) is 1. The number of ether oxygens (including phenoxy) is 1. The van der Waals surface area contributed by atoms with Gasteiger partial charge in [-0.25, -0.2) is 15.0 Å². The number of rotatable bonds is 6. The fourth-order valence-corrected chi connectivity index (χ4v) is 3.63. The highest BCUT2D eigenvalue weighted by Crippen LogP contribution is 2.38. The summed E-state index contributed by atoms with van der Waals surface area (Å²) in [5.74, 6) is -0.536. The molecule has 4 aromatic heterocycles. The molecule has 0 aliphatic heterocycles. The average Bonchev–Trinajstić information content (AvgIpc) is 3.28. The first-order chi connectivity index (χ1) is 16.1. The van der Waals surface area contributed by atoms with Crippen LogP contribution in [0.15, 0.2) is 36.0 Å². The zero-order chi connectivity index (χ0) is 24.5. The van der Waals surface area contributed by atoms with E-state index in [0.29, 0.717) is 18.0 Å². The normalized spacial score (nSPS) is 12.2. The molecule has 0 unspecified atom stereocenters. The highest BCUT2D eigenvalue weighted by Gasteiger charge is 2.37. The molecule has 0 spiro atoms. The Bertz CT molecular complexity index is 1320. The fraction of sp³-hybridized carbons (Fsp3) is 0.250. The van der Waals surface area contributed by atoms with Crippen molar-refractivity contribution in [2.24, 2.45) is 0 Å². The number of aromatic nitrogens is 5. The molecule has 0 bridgehead atoms. The molecule has 0 aliphatic rings. The van der Waals surface area contributed by atoms with Crippen molar-refractivity contribution in [3.05, 3.63) is 47.1 Å². The van der Waals surface area contributed by atoms with Crippen LogP contribution in [0.5, 0.6) is 5.88 Å². The first-order valence-corrected chi connectivity index (χ1v) is 10.5. The van der Waals surface area contributed by atoms with Crippen molar-refractivity contribution in [1.82, 2.24) is 24.3 Å². The maximum atomic E-state index is 13.3. The van der Waals surface area contributed by atoms with Gasteiger partial charge in [0.05, 0.1) is 24.1 Å². The van der Waals surface area contributed by atoms with Gasteiger partial charge >= 0.3 is 12.4 Å². The van der Waals surface area contributed by atoms with Crippen LogP contribution in [-0.2, 0) is 12.4 Å².